The summed E-state index contributed by atoms with van der Waals surface area (Å²) in [6.07, 6.45) is 2.12. The number of aromatic nitrogens is 1. The number of nitrogens with zero attached hydrogens (tertiary/aromatic N) is 1. The lowest BCUT2D eigenvalue weighted by Crippen LogP contribution is -2.05. The maximum absolute atomic E-state index is 5.50. The number of rotatable bonds is 9. The summed E-state index contributed by atoms with van der Waals surface area (Å²) in [5.74, 6) is 0.579. The summed E-state index contributed by atoms with van der Waals surface area (Å²) in [6, 6.07) is 1.85. The average molecular weight is 245 g/mol. The fourth-order valence-electron chi connectivity index (χ4n) is 1.16. The van der Waals surface area contributed by atoms with Gasteiger partial charge >= 0.3 is 0 Å². The summed E-state index contributed by atoms with van der Waals surface area (Å²) < 4.78 is 14.2. The summed E-state index contributed by atoms with van der Waals surface area (Å²) in [6.45, 7) is 3.05. The van der Waals surface area contributed by atoms with Gasteiger partial charge < -0.3 is 20.5 Å². The topological polar surface area (TPSA) is 69.4 Å². The van der Waals surface area contributed by atoms with Crippen LogP contribution in [0, 0.1) is 0 Å². The summed E-state index contributed by atoms with van der Waals surface area (Å²) >= 11 is 1.39. The van der Waals surface area contributed by atoms with E-state index in [1.807, 2.05) is 6.07 Å². The van der Waals surface area contributed by atoms with Gasteiger partial charge in [0.1, 0.15) is 10.8 Å². The van der Waals surface area contributed by atoms with E-state index in [-0.39, 0.29) is 0 Å². The van der Waals surface area contributed by atoms with Gasteiger partial charge in [-0.15, -0.1) is 0 Å². The van der Waals surface area contributed by atoms with Crippen LogP contribution in [0.15, 0.2) is 6.07 Å². The molecule has 0 saturated heterocycles. The lowest BCUT2D eigenvalue weighted by atomic mass is 10.3. The maximum Gasteiger partial charge on any atom is 0.139 e. The van der Waals surface area contributed by atoms with Crippen molar-refractivity contribution in [2.75, 3.05) is 44.5 Å². The second-order valence-electron chi connectivity index (χ2n) is 3.36. The number of unbranched alkanes of at least 4 members (excludes halogenated alkanes) is 1. The molecule has 0 saturated carbocycles. The molecule has 0 fully saturated rings. The van der Waals surface area contributed by atoms with Crippen LogP contribution >= 0.6 is 11.5 Å². The molecule has 0 spiro atoms. The molecule has 16 heavy (non-hydrogen) atoms. The van der Waals surface area contributed by atoms with E-state index >= 15 is 0 Å². The molecule has 0 radical (unpaired) electrons. The van der Waals surface area contributed by atoms with E-state index in [0.29, 0.717) is 19.0 Å². The van der Waals surface area contributed by atoms with Crippen LogP contribution in [0.2, 0.25) is 0 Å². The molecule has 0 unspecified atom stereocenters. The van der Waals surface area contributed by atoms with Crippen LogP contribution in [0.5, 0.6) is 0 Å². The third-order valence-electron chi connectivity index (χ3n) is 1.97. The van der Waals surface area contributed by atoms with Crippen molar-refractivity contribution in [3.8, 4) is 0 Å². The smallest absolute Gasteiger partial charge is 0.139 e. The second kappa shape index (κ2) is 8.32. The standard InChI is InChI=1S/C10H19N3O2S/c1-14-6-7-15-5-3-2-4-12-10-8-9(11)13-16-10/h8,12H,2-7H2,1H3,(H2,11,13). The fourth-order valence-corrected chi connectivity index (χ4v) is 1.75. The Kier molecular flexibility index (Phi) is 6.87. The molecule has 0 atom stereocenters. The quantitative estimate of drug-likeness (QED) is 0.646. The predicted molar refractivity (Wildman–Crippen MR) is 66.9 cm³/mol. The molecule has 0 aliphatic carbocycles. The number of nitrogens with one attached hydrogen (secondary N) is 1. The molecule has 92 valence electrons. The lowest BCUT2D eigenvalue weighted by molar-refractivity contribution is 0.0691. The highest BCUT2D eigenvalue weighted by molar-refractivity contribution is 7.10. The number of ether oxygens (including phenoxy) is 2. The Hall–Kier alpha value is -0.850. The highest BCUT2D eigenvalue weighted by Crippen LogP contribution is 2.17. The van der Waals surface area contributed by atoms with Crippen molar-refractivity contribution in [3.63, 3.8) is 0 Å². The summed E-state index contributed by atoms with van der Waals surface area (Å²) in [5.41, 5.74) is 5.50. The van der Waals surface area contributed by atoms with Crippen LogP contribution < -0.4 is 11.1 Å². The third-order valence-corrected chi connectivity index (χ3v) is 2.74. The van der Waals surface area contributed by atoms with E-state index < -0.39 is 0 Å². The molecule has 0 amide bonds. The minimum absolute atomic E-state index is 0.579. The zero-order valence-electron chi connectivity index (χ0n) is 9.57. The van der Waals surface area contributed by atoms with Crippen molar-refractivity contribution in [3.05, 3.63) is 6.07 Å². The minimum atomic E-state index is 0.579. The Morgan fingerprint density at radius 1 is 1.38 bits per heavy atom. The molecule has 1 rings (SSSR count). The number of hydrogen-bond acceptors (Lipinski definition) is 6. The average Bonchev–Trinajstić information content (AvgIpc) is 2.68. The summed E-state index contributed by atoms with van der Waals surface area (Å²) in [4.78, 5) is 0. The lowest BCUT2D eigenvalue weighted by Gasteiger charge is -2.04. The highest BCUT2D eigenvalue weighted by Gasteiger charge is 1.96. The molecule has 5 nitrogen and oxygen atoms in total. The number of nitrogen functional groups attached to an aromatic ring is 1. The number of methoxy groups -OCH3 is 1. The number of nitrogens with two attached hydrogens (primary N) is 1. The first kappa shape index (κ1) is 13.2. The molecule has 3 N–H and O–H groups in total. The van der Waals surface area contributed by atoms with Gasteiger partial charge in [-0.25, -0.2) is 0 Å². The Morgan fingerprint density at radius 2 is 2.25 bits per heavy atom. The van der Waals surface area contributed by atoms with Crippen LogP contribution in [-0.2, 0) is 9.47 Å². The van der Waals surface area contributed by atoms with Crippen molar-refractivity contribution in [2.45, 2.75) is 12.8 Å². The first-order valence-electron chi connectivity index (χ1n) is 5.35. The summed E-state index contributed by atoms with van der Waals surface area (Å²) in [7, 11) is 1.67. The molecule has 1 heterocycles. The van der Waals surface area contributed by atoms with Crippen molar-refractivity contribution >= 4 is 22.4 Å². The van der Waals surface area contributed by atoms with E-state index in [1.54, 1.807) is 7.11 Å². The first-order chi connectivity index (χ1) is 7.83. The predicted octanol–water partition coefficient (Wildman–Crippen LogP) is 1.58. The van der Waals surface area contributed by atoms with Gasteiger partial charge in [-0.05, 0) is 24.4 Å². The van der Waals surface area contributed by atoms with Crippen molar-refractivity contribution in [1.29, 1.82) is 0 Å². The molecular formula is C10H19N3O2S. The Balaban J connectivity index is 1.88. The zero-order chi connectivity index (χ0) is 11.6. The molecule has 1 aromatic heterocycles. The van der Waals surface area contributed by atoms with Gasteiger partial charge in [-0.1, -0.05) is 0 Å². The fraction of sp³-hybridized carbons (Fsp3) is 0.700. The van der Waals surface area contributed by atoms with Gasteiger partial charge in [0, 0.05) is 26.3 Å². The number of anilines is 2. The Bertz CT molecular complexity index is 281. The van der Waals surface area contributed by atoms with Crippen LogP contribution in [0.4, 0.5) is 10.8 Å². The maximum atomic E-state index is 5.50. The molecule has 6 heteroatoms. The van der Waals surface area contributed by atoms with Gasteiger partial charge in [-0.2, -0.15) is 4.37 Å². The van der Waals surface area contributed by atoms with E-state index in [1.165, 1.54) is 11.5 Å². The van der Waals surface area contributed by atoms with Gasteiger partial charge in [0.2, 0.25) is 0 Å². The Morgan fingerprint density at radius 3 is 2.94 bits per heavy atom. The monoisotopic (exact) mass is 245 g/mol. The molecule has 0 bridgehead atoms. The molecule has 0 aliphatic rings. The second-order valence-corrected chi connectivity index (χ2v) is 4.16. The molecule has 0 aromatic carbocycles. The van der Waals surface area contributed by atoms with Gasteiger partial charge in [-0.3, -0.25) is 0 Å². The van der Waals surface area contributed by atoms with Crippen LogP contribution in [0.25, 0.3) is 0 Å². The van der Waals surface area contributed by atoms with E-state index in [4.69, 9.17) is 15.2 Å². The van der Waals surface area contributed by atoms with E-state index in [9.17, 15) is 0 Å². The van der Waals surface area contributed by atoms with Crippen molar-refractivity contribution in [1.82, 2.24) is 4.37 Å². The summed E-state index contributed by atoms with van der Waals surface area (Å²) in [5, 5.41) is 4.29. The van der Waals surface area contributed by atoms with E-state index in [0.717, 1.165) is 31.0 Å². The third kappa shape index (κ3) is 5.89. The van der Waals surface area contributed by atoms with Crippen molar-refractivity contribution in [2.24, 2.45) is 0 Å². The van der Waals surface area contributed by atoms with Crippen LogP contribution in [0.3, 0.4) is 0 Å². The first-order valence-corrected chi connectivity index (χ1v) is 6.13. The SMILES string of the molecule is COCCOCCCCNc1cc(N)ns1. The van der Waals surface area contributed by atoms with Crippen LogP contribution in [0.1, 0.15) is 12.8 Å². The molecule has 0 aliphatic heterocycles. The highest BCUT2D eigenvalue weighted by atomic mass is 32.1. The van der Waals surface area contributed by atoms with Gasteiger partial charge in [0.05, 0.1) is 13.2 Å². The number of hydrogen-bond donors (Lipinski definition) is 2. The van der Waals surface area contributed by atoms with Crippen molar-refractivity contribution < 1.29 is 9.47 Å². The zero-order valence-corrected chi connectivity index (χ0v) is 10.4. The van der Waals surface area contributed by atoms with Gasteiger partial charge in [0.25, 0.3) is 0 Å². The van der Waals surface area contributed by atoms with Crippen LogP contribution in [-0.4, -0.2) is 37.8 Å². The molecule has 1 aromatic rings. The minimum Gasteiger partial charge on any atom is -0.383 e. The molecular weight excluding hydrogens is 226 g/mol. The van der Waals surface area contributed by atoms with E-state index in [2.05, 4.69) is 9.69 Å². The largest absolute Gasteiger partial charge is 0.383 e. The Labute approximate surface area is 100 Å². The van der Waals surface area contributed by atoms with Gasteiger partial charge in [0.15, 0.2) is 0 Å². The normalized spacial score (nSPS) is 10.6.